The maximum absolute atomic E-state index is 12.2. The van der Waals surface area contributed by atoms with Crippen LogP contribution in [0.4, 0.5) is 0 Å². The number of hydrogen-bond donors (Lipinski definition) is 1. The Labute approximate surface area is 134 Å². The summed E-state index contributed by atoms with van der Waals surface area (Å²) in [5.74, 6) is -0.834. The van der Waals surface area contributed by atoms with Crippen LogP contribution in [0.25, 0.3) is 0 Å². The average molecular weight is 405 g/mol. The highest BCUT2D eigenvalue weighted by atomic mass is 79.9. The van der Waals surface area contributed by atoms with Crippen LogP contribution in [0.2, 0.25) is 0 Å². The molecule has 4 nitrogen and oxygen atoms in total. The number of hydrogen-bond acceptors (Lipinski definition) is 3. The van der Waals surface area contributed by atoms with Crippen LogP contribution in [0.3, 0.4) is 0 Å². The molecule has 1 aromatic carbocycles. The zero-order valence-electron chi connectivity index (χ0n) is 11.2. The molecule has 1 N–H and O–H groups in total. The third-order valence-corrected chi connectivity index (χ3v) is 3.38. The molecule has 0 aliphatic rings. The smallest absolute Gasteiger partial charge is 0.328 e. The lowest BCUT2D eigenvalue weighted by Crippen LogP contribution is -2.41. The first-order chi connectivity index (χ1) is 9.33. The Balaban J connectivity index is 2.89. The van der Waals surface area contributed by atoms with Crippen molar-refractivity contribution in [1.29, 1.82) is 0 Å². The fourth-order valence-electron chi connectivity index (χ4n) is 1.61. The van der Waals surface area contributed by atoms with Crippen LogP contribution in [-0.4, -0.2) is 25.0 Å². The molecule has 0 spiro atoms. The molecule has 0 radical (unpaired) electrons. The number of ether oxygens (including phenoxy) is 1. The quantitative estimate of drug-likeness (QED) is 0.604. The second kappa shape index (κ2) is 7.59. The van der Waals surface area contributed by atoms with E-state index in [2.05, 4.69) is 48.5 Å². The van der Waals surface area contributed by atoms with Gasteiger partial charge in [0, 0.05) is 14.5 Å². The first-order valence-electron chi connectivity index (χ1n) is 5.82. The van der Waals surface area contributed by atoms with Gasteiger partial charge < -0.3 is 10.1 Å². The van der Waals surface area contributed by atoms with Crippen molar-refractivity contribution in [2.45, 2.75) is 19.4 Å². The maximum atomic E-state index is 12.2. The highest BCUT2D eigenvalue weighted by Gasteiger charge is 2.22. The summed E-state index contributed by atoms with van der Waals surface area (Å²) in [4.78, 5) is 23.8. The molecular weight excluding hydrogens is 390 g/mol. The fourth-order valence-corrected chi connectivity index (χ4v) is 2.90. The number of benzene rings is 1. The van der Waals surface area contributed by atoms with E-state index >= 15 is 0 Å². The summed E-state index contributed by atoms with van der Waals surface area (Å²) < 4.78 is 6.22. The number of esters is 1. The second-order valence-electron chi connectivity index (χ2n) is 4.37. The number of rotatable bonds is 5. The van der Waals surface area contributed by atoms with Gasteiger partial charge >= 0.3 is 5.97 Å². The van der Waals surface area contributed by atoms with Crippen LogP contribution in [0.1, 0.15) is 23.7 Å². The van der Waals surface area contributed by atoms with E-state index in [4.69, 9.17) is 0 Å². The summed E-state index contributed by atoms with van der Waals surface area (Å²) in [5.41, 5.74) is 1.23. The number of carbonyl (C=O) groups excluding carboxylic acids is 2. The summed E-state index contributed by atoms with van der Waals surface area (Å²) in [6, 6.07) is 4.44. The third kappa shape index (κ3) is 5.09. The van der Waals surface area contributed by atoms with Gasteiger partial charge in [-0.2, -0.15) is 0 Å². The van der Waals surface area contributed by atoms with E-state index < -0.39 is 12.0 Å². The molecule has 0 unspecified atom stereocenters. The Morgan fingerprint density at radius 3 is 2.30 bits per heavy atom. The summed E-state index contributed by atoms with van der Waals surface area (Å²) in [7, 11) is 1.29. The minimum atomic E-state index is -0.734. The van der Waals surface area contributed by atoms with Crippen molar-refractivity contribution in [3.8, 4) is 0 Å². The topological polar surface area (TPSA) is 55.4 Å². The van der Waals surface area contributed by atoms with E-state index in [1.165, 1.54) is 7.11 Å². The Kier molecular flexibility index (Phi) is 6.42. The molecule has 1 rings (SSSR count). The van der Waals surface area contributed by atoms with Crippen molar-refractivity contribution in [2.24, 2.45) is 0 Å². The SMILES string of the molecule is C=C(C)C[C@H](NC(=O)c1cc(Br)cc(Br)c1)C(=O)OC. The molecular formula is C14H15Br2NO3. The third-order valence-electron chi connectivity index (χ3n) is 2.47. The number of carbonyl (C=O) groups is 2. The minimum absolute atomic E-state index is 0.341. The number of nitrogens with one attached hydrogen (secondary N) is 1. The van der Waals surface area contributed by atoms with E-state index in [-0.39, 0.29) is 5.91 Å². The Morgan fingerprint density at radius 1 is 1.30 bits per heavy atom. The van der Waals surface area contributed by atoms with Gasteiger partial charge in [-0.05, 0) is 31.5 Å². The summed E-state index contributed by atoms with van der Waals surface area (Å²) >= 11 is 6.63. The number of methoxy groups -OCH3 is 1. The fraction of sp³-hybridized carbons (Fsp3) is 0.286. The first-order valence-corrected chi connectivity index (χ1v) is 7.41. The van der Waals surface area contributed by atoms with E-state index in [1.54, 1.807) is 19.1 Å². The predicted octanol–water partition coefficient (Wildman–Crippen LogP) is 3.45. The molecule has 1 amide bonds. The first kappa shape index (κ1) is 16.9. The van der Waals surface area contributed by atoms with Gasteiger partial charge in [0.25, 0.3) is 5.91 Å². The van der Waals surface area contributed by atoms with Gasteiger partial charge in [0.1, 0.15) is 6.04 Å². The van der Waals surface area contributed by atoms with Gasteiger partial charge in [-0.1, -0.05) is 37.4 Å². The molecule has 0 saturated heterocycles. The van der Waals surface area contributed by atoms with Crippen LogP contribution in [0, 0.1) is 0 Å². The molecule has 0 aliphatic carbocycles. The van der Waals surface area contributed by atoms with E-state index in [9.17, 15) is 9.59 Å². The Morgan fingerprint density at radius 2 is 1.85 bits per heavy atom. The molecule has 6 heteroatoms. The number of halogens is 2. The molecule has 0 aromatic heterocycles. The van der Waals surface area contributed by atoms with Gasteiger partial charge in [0.2, 0.25) is 0 Å². The summed E-state index contributed by atoms with van der Waals surface area (Å²) in [6.07, 6.45) is 0.341. The number of amides is 1. The lowest BCUT2D eigenvalue weighted by molar-refractivity contribution is -0.142. The van der Waals surface area contributed by atoms with Crippen LogP contribution in [0.5, 0.6) is 0 Å². The van der Waals surface area contributed by atoms with Gasteiger partial charge in [0.15, 0.2) is 0 Å². The highest BCUT2D eigenvalue weighted by Crippen LogP contribution is 2.20. The highest BCUT2D eigenvalue weighted by molar-refractivity contribution is 9.11. The standard InChI is InChI=1S/C14H15Br2NO3/c1-8(2)4-12(14(19)20-3)17-13(18)9-5-10(15)7-11(16)6-9/h5-7,12H,1,4H2,2-3H3,(H,17,18)/t12-/m0/s1. The predicted molar refractivity (Wildman–Crippen MR) is 84.5 cm³/mol. The Hall–Kier alpha value is -1.14. The van der Waals surface area contributed by atoms with Gasteiger partial charge in [-0.3, -0.25) is 4.79 Å². The van der Waals surface area contributed by atoms with E-state index in [0.717, 1.165) is 14.5 Å². The largest absolute Gasteiger partial charge is 0.467 e. The van der Waals surface area contributed by atoms with Crippen LogP contribution in [-0.2, 0) is 9.53 Å². The maximum Gasteiger partial charge on any atom is 0.328 e. The monoisotopic (exact) mass is 403 g/mol. The van der Waals surface area contributed by atoms with Gasteiger partial charge in [-0.25, -0.2) is 4.79 Å². The van der Waals surface area contributed by atoms with Crippen molar-refractivity contribution in [1.82, 2.24) is 5.32 Å². The van der Waals surface area contributed by atoms with E-state index in [0.29, 0.717) is 12.0 Å². The zero-order valence-corrected chi connectivity index (χ0v) is 14.4. The van der Waals surface area contributed by atoms with Crippen LogP contribution < -0.4 is 5.32 Å². The molecule has 0 aliphatic heterocycles. The molecule has 0 saturated carbocycles. The lowest BCUT2D eigenvalue weighted by Gasteiger charge is -2.16. The van der Waals surface area contributed by atoms with Gasteiger partial charge in [0.05, 0.1) is 7.11 Å². The normalized spacial score (nSPS) is 11.6. The van der Waals surface area contributed by atoms with Crippen molar-refractivity contribution in [3.05, 3.63) is 44.9 Å². The van der Waals surface area contributed by atoms with Crippen LogP contribution >= 0.6 is 31.9 Å². The molecule has 1 atom stereocenters. The second-order valence-corrected chi connectivity index (χ2v) is 6.20. The molecule has 1 aromatic rings. The van der Waals surface area contributed by atoms with Crippen LogP contribution in [0.15, 0.2) is 39.3 Å². The van der Waals surface area contributed by atoms with E-state index in [1.807, 2.05) is 6.07 Å². The minimum Gasteiger partial charge on any atom is -0.467 e. The zero-order chi connectivity index (χ0) is 15.3. The van der Waals surface area contributed by atoms with Crippen molar-refractivity contribution < 1.29 is 14.3 Å². The molecule has 0 fully saturated rings. The summed E-state index contributed by atoms with van der Waals surface area (Å²) in [6.45, 7) is 5.54. The van der Waals surface area contributed by atoms with Crippen molar-refractivity contribution in [2.75, 3.05) is 7.11 Å². The molecule has 0 heterocycles. The van der Waals surface area contributed by atoms with Gasteiger partial charge in [-0.15, -0.1) is 6.58 Å². The summed E-state index contributed by atoms with van der Waals surface area (Å²) in [5, 5.41) is 2.65. The van der Waals surface area contributed by atoms with Crippen molar-refractivity contribution in [3.63, 3.8) is 0 Å². The molecule has 108 valence electrons. The lowest BCUT2D eigenvalue weighted by atomic mass is 10.1. The van der Waals surface area contributed by atoms with Crippen molar-refractivity contribution >= 4 is 43.7 Å². The molecule has 20 heavy (non-hydrogen) atoms. The molecule has 0 bridgehead atoms. The Bertz CT molecular complexity index is 523. The average Bonchev–Trinajstić information content (AvgIpc) is 2.35.